The number of aryl methyl sites for hydroxylation is 1. The van der Waals surface area contributed by atoms with Gasteiger partial charge in [-0.05, 0) is 43.3 Å². The fraction of sp³-hybridized carbons (Fsp3) is 0.316. The lowest BCUT2D eigenvalue weighted by Gasteiger charge is -2.33. The van der Waals surface area contributed by atoms with Gasteiger partial charge in [-0.1, -0.05) is 5.16 Å². The Labute approximate surface area is 150 Å². The van der Waals surface area contributed by atoms with E-state index < -0.39 is 0 Å². The molecule has 134 valence electrons. The SMILES string of the molecule is Cc1noc(-c2cccnc2N2CCC(Oc3ccc(F)cc3)CC2)n1. The Morgan fingerprint density at radius 1 is 1.15 bits per heavy atom. The molecule has 0 atom stereocenters. The molecule has 1 aliphatic heterocycles. The summed E-state index contributed by atoms with van der Waals surface area (Å²) in [5.74, 6) is 2.36. The highest BCUT2D eigenvalue weighted by molar-refractivity contribution is 5.69. The van der Waals surface area contributed by atoms with Crippen molar-refractivity contribution in [1.29, 1.82) is 0 Å². The summed E-state index contributed by atoms with van der Waals surface area (Å²) >= 11 is 0. The average Bonchev–Trinajstić information content (AvgIpc) is 3.11. The molecule has 7 heteroatoms. The van der Waals surface area contributed by atoms with E-state index in [1.807, 2.05) is 12.1 Å². The first-order valence-corrected chi connectivity index (χ1v) is 8.62. The van der Waals surface area contributed by atoms with Gasteiger partial charge < -0.3 is 14.2 Å². The third kappa shape index (κ3) is 3.51. The molecule has 2 aromatic heterocycles. The van der Waals surface area contributed by atoms with E-state index in [2.05, 4.69) is 20.0 Å². The van der Waals surface area contributed by atoms with E-state index in [9.17, 15) is 4.39 Å². The molecule has 1 saturated heterocycles. The molecule has 3 aromatic rings. The number of pyridine rings is 1. The Morgan fingerprint density at radius 3 is 2.62 bits per heavy atom. The van der Waals surface area contributed by atoms with Gasteiger partial charge in [-0.2, -0.15) is 4.98 Å². The van der Waals surface area contributed by atoms with E-state index in [-0.39, 0.29) is 11.9 Å². The molecule has 0 aliphatic carbocycles. The first-order chi connectivity index (χ1) is 12.7. The average molecular weight is 354 g/mol. The molecule has 0 N–H and O–H groups in total. The van der Waals surface area contributed by atoms with E-state index in [1.165, 1.54) is 12.1 Å². The minimum absolute atomic E-state index is 0.106. The summed E-state index contributed by atoms with van der Waals surface area (Å²) in [6.45, 7) is 3.41. The van der Waals surface area contributed by atoms with E-state index in [0.29, 0.717) is 17.5 Å². The van der Waals surface area contributed by atoms with E-state index in [1.54, 1.807) is 25.3 Å². The van der Waals surface area contributed by atoms with Gasteiger partial charge in [0.15, 0.2) is 5.82 Å². The van der Waals surface area contributed by atoms with Crippen LogP contribution in [0, 0.1) is 12.7 Å². The summed E-state index contributed by atoms with van der Waals surface area (Å²) in [4.78, 5) is 11.0. The fourth-order valence-corrected chi connectivity index (χ4v) is 3.11. The molecular weight excluding hydrogens is 335 g/mol. The van der Waals surface area contributed by atoms with Crippen molar-refractivity contribution in [2.75, 3.05) is 18.0 Å². The van der Waals surface area contributed by atoms with Gasteiger partial charge in [0.1, 0.15) is 23.5 Å². The molecule has 0 saturated carbocycles. The summed E-state index contributed by atoms with van der Waals surface area (Å²) in [5.41, 5.74) is 0.839. The smallest absolute Gasteiger partial charge is 0.261 e. The number of anilines is 1. The Hall–Kier alpha value is -2.96. The van der Waals surface area contributed by atoms with E-state index in [0.717, 1.165) is 37.3 Å². The third-order valence-electron chi connectivity index (χ3n) is 4.40. The van der Waals surface area contributed by atoms with Crippen LogP contribution in [0.1, 0.15) is 18.7 Å². The molecule has 4 rings (SSSR count). The zero-order valence-corrected chi connectivity index (χ0v) is 14.4. The fourth-order valence-electron chi connectivity index (χ4n) is 3.11. The molecule has 0 radical (unpaired) electrons. The molecule has 1 fully saturated rings. The normalized spacial score (nSPS) is 15.2. The number of aromatic nitrogens is 3. The van der Waals surface area contributed by atoms with Gasteiger partial charge in [-0.25, -0.2) is 9.37 Å². The van der Waals surface area contributed by atoms with Crippen molar-refractivity contribution >= 4 is 5.82 Å². The molecule has 26 heavy (non-hydrogen) atoms. The first-order valence-electron chi connectivity index (χ1n) is 8.62. The van der Waals surface area contributed by atoms with E-state index in [4.69, 9.17) is 9.26 Å². The van der Waals surface area contributed by atoms with Gasteiger partial charge in [0.25, 0.3) is 5.89 Å². The van der Waals surface area contributed by atoms with Gasteiger partial charge >= 0.3 is 0 Å². The lowest BCUT2D eigenvalue weighted by Crippen LogP contribution is -2.39. The standard InChI is InChI=1S/C19H19FN4O2/c1-13-22-19(26-23-13)17-3-2-10-21-18(17)24-11-8-16(9-12-24)25-15-6-4-14(20)5-7-15/h2-7,10,16H,8-9,11-12H2,1H3. The summed E-state index contributed by atoms with van der Waals surface area (Å²) in [7, 11) is 0. The van der Waals surface area contributed by atoms with E-state index >= 15 is 0 Å². The number of piperidine rings is 1. The molecule has 0 bridgehead atoms. The molecule has 3 heterocycles. The molecule has 1 aromatic carbocycles. The third-order valence-corrected chi connectivity index (χ3v) is 4.40. The van der Waals surface area contributed by atoms with Crippen LogP contribution < -0.4 is 9.64 Å². The second kappa shape index (κ2) is 7.11. The number of hydrogen-bond acceptors (Lipinski definition) is 6. The first kappa shape index (κ1) is 16.5. The predicted octanol–water partition coefficient (Wildman–Crippen LogP) is 3.63. The van der Waals surface area contributed by atoms with Crippen molar-refractivity contribution < 1.29 is 13.7 Å². The van der Waals surface area contributed by atoms with Crippen LogP contribution in [0.15, 0.2) is 47.1 Å². The van der Waals surface area contributed by atoms with Crippen LogP contribution in [0.3, 0.4) is 0 Å². The van der Waals surface area contributed by atoms with Crippen LogP contribution in [-0.4, -0.2) is 34.3 Å². The highest BCUT2D eigenvalue weighted by Crippen LogP contribution is 2.30. The van der Waals surface area contributed by atoms with Crippen LogP contribution in [0.4, 0.5) is 10.2 Å². The lowest BCUT2D eigenvalue weighted by molar-refractivity contribution is 0.170. The molecule has 6 nitrogen and oxygen atoms in total. The Kier molecular flexibility index (Phi) is 4.51. The molecular formula is C19H19FN4O2. The maximum absolute atomic E-state index is 13.0. The minimum atomic E-state index is -0.258. The van der Waals surface area contributed by atoms with Crippen molar-refractivity contribution in [3.63, 3.8) is 0 Å². The zero-order chi connectivity index (χ0) is 17.9. The number of hydrogen-bond donors (Lipinski definition) is 0. The number of rotatable bonds is 4. The minimum Gasteiger partial charge on any atom is -0.490 e. The number of ether oxygens (including phenoxy) is 1. The van der Waals surface area contributed by atoms with Gasteiger partial charge in [0, 0.05) is 32.1 Å². The highest BCUT2D eigenvalue weighted by Gasteiger charge is 2.24. The molecule has 1 aliphatic rings. The molecule has 0 spiro atoms. The summed E-state index contributed by atoms with van der Waals surface area (Å²) in [5, 5.41) is 3.87. The Balaban J connectivity index is 1.44. The largest absolute Gasteiger partial charge is 0.490 e. The summed E-state index contributed by atoms with van der Waals surface area (Å²) in [6.07, 6.45) is 3.59. The topological polar surface area (TPSA) is 64.3 Å². The maximum Gasteiger partial charge on any atom is 0.261 e. The monoisotopic (exact) mass is 354 g/mol. The predicted molar refractivity (Wildman–Crippen MR) is 94.5 cm³/mol. The highest BCUT2D eigenvalue weighted by atomic mass is 19.1. The lowest BCUT2D eigenvalue weighted by atomic mass is 10.1. The zero-order valence-electron chi connectivity index (χ0n) is 14.4. The van der Waals surface area contributed by atoms with Crippen LogP contribution >= 0.6 is 0 Å². The van der Waals surface area contributed by atoms with Crippen molar-refractivity contribution in [3.05, 3.63) is 54.2 Å². The number of halogens is 1. The molecule has 0 amide bonds. The van der Waals surface area contributed by atoms with Crippen LogP contribution in [-0.2, 0) is 0 Å². The van der Waals surface area contributed by atoms with Gasteiger partial charge in [-0.3, -0.25) is 0 Å². The summed E-state index contributed by atoms with van der Waals surface area (Å²) in [6, 6.07) is 9.96. The van der Waals surface area contributed by atoms with Gasteiger partial charge in [-0.15, -0.1) is 0 Å². The second-order valence-electron chi connectivity index (χ2n) is 6.28. The van der Waals surface area contributed by atoms with Crippen LogP contribution in [0.25, 0.3) is 11.5 Å². The quantitative estimate of drug-likeness (QED) is 0.713. The van der Waals surface area contributed by atoms with Gasteiger partial charge in [0.05, 0.1) is 5.56 Å². The number of benzene rings is 1. The maximum atomic E-state index is 13.0. The van der Waals surface area contributed by atoms with Crippen molar-refractivity contribution in [2.24, 2.45) is 0 Å². The summed E-state index contributed by atoms with van der Waals surface area (Å²) < 4.78 is 24.3. The van der Waals surface area contributed by atoms with Crippen LogP contribution in [0.5, 0.6) is 5.75 Å². The van der Waals surface area contributed by atoms with Gasteiger partial charge in [0.2, 0.25) is 0 Å². The van der Waals surface area contributed by atoms with Crippen molar-refractivity contribution in [3.8, 4) is 17.2 Å². The number of nitrogens with zero attached hydrogens (tertiary/aromatic N) is 4. The Morgan fingerprint density at radius 2 is 1.92 bits per heavy atom. The van der Waals surface area contributed by atoms with Crippen LogP contribution in [0.2, 0.25) is 0 Å². The van der Waals surface area contributed by atoms with Crippen molar-refractivity contribution in [1.82, 2.24) is 15.1 Å². The second-order valence-corrected chi connectivity index (χ2v) is 6.28. The van der Waals surface area contributed by atoms with Crippen molar-refractivity contribution in [2.45, 2.75) is 25.9 Å². The molecule has 0 unspecified atom stereocenters. The Bertz CT molecular complexity index is 873.